The highest BCUT2D eigenvalue weighted by Gasteiger charge is 2.39. The van der Waals surface area contributed by atoms with Gasteiger partial charge in [0, 0.05) is 13.1 Å². The molecule has 1 unspecified atom stereocenters. The van der Waals surface area contributed by atoms with E-state index in [-0.39, 0.29) is 12.6 Å². The van der Waals surface area contributed by atoms with E-state index in [1.807, 2.05) is 11.8 Å². The zero-order chi connectivity index (χ0) is 15.2. The number of halogens is 3. The first kappa shape index (κ1) is 13.8. The molecule has 9 heteroatoms. The van der Waals surface area contributed by atoms with Gasteiger partial charge in [-0.2, -0.15) is 18.3 Å². The number of aromatic nitrogens is 5. The molecule has 112 valence electrons. The molecular formula is C12H13F3N6. The minimum absolute atomic E-state index is 0.206. The summed E-state index contributed by atoms with van der Waals surface area (Å²) in [6.45, 7) is 4.16. The predicted molar refractivity (Wildman–Crippen MR) is 67.6 cm³/mol. The molecule has 2 aromatic heterocycles. The van der Waals surface area contributed by atoms with Crippen molar-refractivity contribution in [2.24, 2.45) is 0 Å². The third-order valence-corrected chi connectivity index (χ3v) is 3.55. The second-order valence-electron chi connectivity index (χ2n) is 4.89. The fraction of sp³-hybridized carbons (Fsp3) is 0.500. The maximum atomic E-state index is 12.9. The van der Waals surface area contributed by atoms with Gasteiger partial charge in [0.1, 0.15) is 5.82 Å². The van der Waals surface area contributed by atoms with Crippen LogP contribution < -0.4 is 4.90 Å². The van der Waals surface area contributed by atoms with Crippen LogP contribution in [0.3, 0.4) is 0 Å². The SMILES string of the molecule is Cc1nncc(N2CCn3c(cnc3C(F)(F)F)C2C)n1. The Bertz CT molecular complexity index is 665. The van der Waals surface area contributed by atoms with Crippen LogP contribution in [0.5, 0.6) is 0 Å². The van der Waals surface area contributed by atoms with E-state index in [1.165, 1.54) is 17.0 Å². The fourth-order valence-electron chi connectivity index (χ4n) is 2.58. The van der Waals surface area contributed by atoms with Gasteiger partial charge < -0.3 is 9.47 Å². The average Bonchev–Trinajstić information content (AvgIpc) is 2.83. The lowest BCUT2D eigenvalue weighted by molar-refractivity contribution is -0.147. The van der Waals surface area contributed by atoms with E-state index in [0.717, 1.165) is 0 Å². The Morgan fingerprint density at radius 1 is 1.24 bits per heavy atom. The number of imidazole rings is 1. The summed E-state index contributed by atoms with van der Waals surface area (Å²) in [6.07, 6.45) is -1.64. The maximum absolute atomic E-state index is 12.9. The van der Waals surface area contributed by atoms with Gasteiger partial charge in [0.15, 0.2) is 5.82 Å². The second-order valence-corrected chi connectivity index (χ2v) is 4.89. The van der Waals surface area contributed by atoms with Crippen LogP contribution >= 0.6 is 0 Å². The summed E-state index contributed by atoms with van der Waals surface area (Å²) >= 11 is 0. The summed E-state index contributed by atoms with van der Waals surface area (Å²) in [7, 11) is 0. The maximum Gasteiger partial charge on any atom is 0.449 e. The van der Waals surface area contributed by atoms with Crippen LogP contribution in [0.2, 0.25) is 0 Å². The number of anilines is 1. The zero-order valence-corrected chi connectivity index (χ0v) is 11.5. The van der Waals surface area contributed by atoms with Crippen LogP contribution in [0.4, 0.5) is 19.0 Å². The quantitative estimate of drug-likeness (QED) is 0.805. The Balaban J connectivity index is 1.97. The van der Waals surface area contributed by atoms with Crippen LogP contribution in [0.25, 0.3) is 0 Å². The molecule has 6 nitrogen and oxygen atoms in total. The fourth-order valence-corrected chi connectivity index (χ4v) is 2.58. The van der Waals surface area contributed by atoms with Gasteiger partial charge in [-0.25, -0.2) is 9.97 Å². The van der Waals surface area contributed by atoms with Gasteiger partial charge in [-0.15, -0.1) is 5.10 Å². The van der Waals surface area contributed by atoms with E-state index < -0.39 is 12.0 Å². The topological polar surface area (TPSA) is 59.7 Å². The van der Waals surface area contributed by atoms with Crippen LogP contribution in [0.15, 0.2) is 12.4 Å². The number of nitrogens with zero attached hydrogens (tertiary/aromatic N) is 6. The van der Waals surface area contributed by atoms with Gasteiger partial charge in [0.05, 0.1) is 24.1 Å². The molecule has 0 saturated heterocycles. The first-order valence-corrected chi connectivity index (χ1v) is 6.43. The Morgan fingerprint density at radius 3 is 2.67 bits per heavy atom. The van der Waals surface area contributed by atoms with Crippen molar-refractivity contribution in [3.63, 3.8) is 0 Å². The summed E-state index contributed by atoms with van der Waals surface area (Å²) in [5.41, 5.74) is 0.518. The molecule has 0 saturated carbocycles. The Labute approximate surface area is 118 Å². The summed E-state index contributed by atoms with van der Waals surface area (Å²) in [6, 6.07) is -0.265. The van der Waals surface area contributed by atoms with Crippen LogP contribution in [0, 0.1) is 6.92 Å². The molecule has 2 aromatic rings. The number of hydrogen-bond donors (Lipinski definition) is 0. The molecule has 0 spiro atoms. The molecule has 3 heterocycles. The average molecular weight is 298 g/mol. The van der Waals surface area contributed by atoms with Crippen LogP contribution in [-0.4, -0.2) is 31.3 Å². The molecule has 0 fully saturated rings. The highest BCUT2D eigenvalue weighted by atomic mass is 19.4. The third kappa shape index (κ3) is 2.32. The molecule has 1 atom stereocenters. The number of alkyl halides is 3. The van der Waals surface area contributed by atoms with Gasteiger partial charge in [0.2, 0.25) is 5.82 Å². The van der Waals surface area contributed by atoms with Crippen molar-refractivity contribution in [3.8, 4) is 0 Å². The lowest BCUT2D eigenvalue weighted by Gasteiger charge is -2.35. The predicted octanol–water partition coefficient (Wildman–Crippen LogP) is 1.98. The smallest absolute Gasteiger partial charge is 0.345 e. The second kappa shape index (κ2) is 4.68. The Morgan fingerprint density at radius 2 is 2.00 bits per heavy atom. The number of rotatable bonds is 1. The molecule has 0 N–H and O–H groups in total. The monoisotopic (exact) mass is 298 g/mol. The molecular weight excluding hydrogens is 285 g/mol. The van der Waals surface area contributed by atoms with E-state index in [0.29, 0.717) is 23.9 Å². The summed E-state index contributed by atoms with van der Waals surface area (Å²) in [5, 5.41) is 7.62. The van der Waals surface area contributed by atoms with Gasteiger partial charge >= 0.3 is 6.18 Å². The molecule has 0 bridgehead atoms. The van der Waals surface area contributed by atoms with Crippen molar-refractivity contribution in [2.45, 2.75) is 32.6 Å². The van der Waals surface area contributed by atoms with Crippen LogP contribution in [-0.2, 0) is 12.7 Å². The van der Waals surface area contributed by atoms with Gasteiger partial charge in [0.25, 0.3) is 0 Å². The molecule has 1 aliphatic heterocycles. The molecule has 0 aliphatic carbocycles. The van der Waals surface area contributed by atoms with Crippen molar-refractivity contribution in [1.82, 2.24) is 24.7 Å². The molecule has 3 rings (SSSR count). The van der Waals surface area contributed by atoms with Crippen molar-refractivity contribution in [2.75, 3.05) is 11.4 Å². The number of aryl methyl sites for hydroxylation is 1. The minimum Gasteiger partial charge on any atom is -0.345 e. The molecule has 1 aliphatic rings. The normalized spacial score (nSPS) is 18.7. The Hall–Kier alpha value is -2.19. The van der Waals surface area contributed by atoms with Gasteiger partial charge in [-0.1, -0.05) is 0 Å². The molecule has 0 amide bonds. The minimum atomic E-state index is -4.44. The molecule has 0 aromatic carbocycles. The lowest BCUT2D eigenvalue weighted by Crippen LogP contribution is -2.38. The Kier molecular flexibility index (Phi) is 3.07. The third-order valence-electron chi connectivity index (χ3n) is 3.55. The molecule has 0 radical (unpaired) electrons. The zero-order valence-electron chi connectivity index (χ0n) is 11.5. The van der Waals surface area contributed by atoms with E-state index >= 15 is 0 Å². The number of fused-ring (bicyclic) bond motifs is 1. The van der Waals surface area contributed by atoms with E-state index in [4.69, 9.17) is 0 Å². The number of hydrogen-bond acceptors (Lipinski definition) is 5. The lowest BCUT2D eigenvalue weighted by atomic mass is 10.1. The van der Waals surface area contributed by atoms with Crippen molar-refractivity contribution >= 4 is 5.82 Å². The van der Waals surface area contributed by atoms with E-state index in [9.17, 15) is 13.2 Å². The summed E-state index contributed by atoms with van der Waals surface area (Å²) < 4.78 is 39.9. The molecule has 21 heavy (non-hydrogen) atoms. The summed E-state index contributed by atoms with van der Waals surface area (Å²) in [4.78, 5) is 9.71. The van der Waals surface area contributed by atoms with Crippen LogP contribution in [0.1, 0.15) is 30.3 Å². The van der Waals surface area contributed by atoms with Crippen molar-refractivity contribution in [1.29, 1.82) is 0 Å². The highest BCUT2D eigenvalue weighted by molar-refractivity contribution is 5.40. The standard InChI is InChI=1S/C12H13F3N6/c1-7-9-5-16-11(12(13,14)15)21(9)4-3-20(7)10-6-17-19-8(2)18-10/h5-7H,3-4H2,1-2H3. The van der Waals surface area contributed by atoms with E-state index in [1.54, 1.807) is 6.92 Å². The van der Waals surface area contributed by atoms with Crippen molar-refractivity contribution in [3.05, 3.63) is 29.7 Å². The first-order chi connectivity index (χ1) is 9.88. The van der Waals surface area contributed by atoms with Crippen molar-refractivity contribution < 1.29 is 13.2 Å². The first-order valence-electron chi connectivity index (χ1n) is 6.43. The largest absolute Gasteiger partial charge is 0.449 e. The summed E-state index contributed by atoms with van der Waals surface area (Å²) in [5.74, 6) is 0.284. The van der Waals surface area contributed by atoms with Gasteiger partial charge in [-0.05, 0) is 13.8 Å². The van der Waals surface area contributed by atoms with E-state index in [2.05, 4.69) is 20.2 Å². The highest BCUT2D eigenvalue weighted by Crippen LogP contribution is 2.35. The van der Waals surface area contributed by atoms with Gasteiger partial charge in [-0.3, -0.25) is 0 Å².